The van der Waals surface area contributed by atoms with Crippen LogP contribution in [0.2, 0.25) is 0 Å². The average molecular weight is 357 g/mol. The number of carbonyl (C=O) groups is 2. The van der Waals surface area contributed by atoms with Gasteiger partial charge in [-0.1, -0.05) is 26.0 Å². The average Bonchev–Trinajstić information content (AvgIpc) is 2.43. The maximum absolute atomic E-state index is 12.3. The molecule has 0 radical (unpaired) electrons. The van der Waals surface area contributed by atoms with E-state index in [-0.39, 0.29) is 24.7 Å². The van der Waals surface area contributed by atoms with Crippen LogP contribution in [0.15, 0.2) is 24.3 Å². The van der Waals surface area contributed by atoms with Crippen molar-refractivity contribution in [3.8, 4) is 0 Å². The number of rotatable bonds is 6. The van der Waals surface area contributed by atoms with E-state index in [1.807, 2.05) is 24.3 Å². The molecule has 0 aromatic heterocycles. The number of amides is 1. The van der Waals surface area contributed by atoms with Crippen LogP contribution in [-0.4, -0.2) is 30.6 Å². The summed E-state index contributed by atoms with van der Waals surface area (Å²) < 4.78 is 5.25. The van der Waals surface area contributed by atoms with Crippen LogP contribution in [0.1, 0.15) is 52.5 Å². The predicted molar refractivity (Wildman–Crippen MR) is 99.7 cm³/mol. The first-order valence-electron chi connectivity index (χ1n) is 7.92. The molecule has 2 N–H and O–H groups in total. The Morgan fingerprint density at radius 2 is 1.67 bits per heavy atom. The van der Waals surface area contributed by atoms with Crippen molar-refractivity contribution in [2.45, 2.75) is 58.6 Å². The van der Waals surface area contributed by atoms with Crippen LogP contribution in [0.5, 0.6) is 0 Å². The van der Waals surface area contributed by atoms with E-state index in [9.17, 15) is 9.59 Å². The van der Waals surface area contributed by atoms with Crippen molar-refractivity contribution < 1.29 is 14.3 Å². The molecule has 0 fully saturated rings. The first kappa shape index (κ1) is 22.4. The van der Waals surface area contributed by atoms with Crippen LogP contribution in [-0.2, 0) is 14.3 Å². The van der Waals surface area contributed by atoms with Crippen molar-refractivity contribution >= 4 is 30.0 Å². The van der Waals surface area contributed by atoms with E-state index in [0.29, 0.717) is 11.6 Å². The second kappa shape index (κ2) is 9.64. The lowest BCUT2D eigenvalue weighted by molar-refractivity contribution is -0.156. The molecule has 1 aromatic rings. The molecule has 1 rings (SSSR count). The van der Waals surface area contributed by atoms with Crippen molar-refractivity contribution in [1.82, 2.24) is 5.32 Å². The molecule has 136 valence electrons. The predicted octanol–water partition coefficient (Wildman–Crippen LogP) is 3.49. The Balaban J connectivity index is 0.00000529. The molecule has 0 aliphatic carbocycles. The van der Waals surface area contributed by atoms with Gasteiger partial charge >= 0.3 is 5.97 Å². The van der Waals surface area contributed by atoms with E-state index in [4.69, 9.17) is 4.74 Å². The molecule has 0 aliphatic heterocycles. The third-order valence-electron chi connectivity index (χ3n) is 3.30. The summed E-state index contributed by atoms with van der Waals surface area (Å²) in [6, 6.07) is 7.08. The van der Waals surface area contributed by atoms with Gasteiger partial charge < -0.3 is 15.4 Å². The molecule has 0 saturated carbocycles. The van der Waals surface area contributed by atoms with Crippen LogP contribution in [0.25, 0.3) is 0 Å². The molecule has 0 bridgehead atoms. The fourth-order valence-corrected chi connectivity index (χ4v) is 2.06. The van der Waals surface area contributed by atoms with Gasteiger partial charge in [-0.05, 0) is 51.4 Å². The summed E-state index contributed by atoms with van der Waals surface area (Å²) in [6.45, 7) is 9.64. The Hall–Kier alpha value is -1.59. The number of hydrogen-bond acceptors (Lipinski definition) is 4. The lowest BCUT2D eigenvalue weighted by atomic mass is 10.0. The van der Waals surface area contributed by atoms with Gasteiger partial charge in [0.05, 0.1) is 12.5 Å². The van der Waals surface area contributed by atoms with Crippen molar-refractivity contribution in [3.63, 3.8) is 0 Å². The van der Waals surface area contributed by atoms with E-state index in [1.54, 1.807) is 27.8 Å². The van der Waals surface area contributed by atoms with E-state index >= 15 is 0 Å². The summed E-state index contributed by atoms with van der Waals surface area (Å²) in [5.74, 6) is -0.213. The number of nitrogens with one attached hydrogen (secondary N) is 2. The van der Waals surface area contributed by atoms with Gasteiger partial charge in [0.2, 0.25) is 5.91 Å². The zero-order valence-electron chi connectivity index (χ0n) is 15.3. The van der Waals surface area contributed by atoms with Crippen molar-refractivity contribution in [2.75, 3.05) is 12.4 Å². The van der Waals surface area contributed by atoms with Gasteiger partial charge in [-0.2, -0.15) is 0 Å². The minimum atomic E-state index is -0.630. The van der Waals surface area contributed by atoms with Crippen molar-refractivity contribution in [2.24, 2.45) is 0 Å². The molecule has 24 heavy (non-hydrogen) atoms. The first-order chi connectivity index (χ1) is 10.6. The van der Waals surface area contributed by atoms with Gasteiger partial charge in [-0.25, -0.2) is 0 Å². The third-order valence-corrected chi connectivity index (χ3v) is 3.30. The van der Waals surface area contributed by atoms with E-state index in [2.05, 4.69) is 24.5 Å². The second-order valence-electron chi connectivity index (χ2n) is 6.90. The van der Waals surface area contributed by atoms with E-state index in [0.717, 1.165) is 0 Å². The van der Waals surface area contributed by atoms with Gasteiger partial charge in [0.1, 0.15) is 5.60 Å². The molecular formula is C18H29ClN2O3. The third kappa shape index (κ3) is 7.79. The fraction of sp³-hybridized carbons (Fsp3) is 0.556. The molecule has 0 unspecified atom stereocenters. The molecule has 6 heteroatoms. The monoisotopic (exact) mass is 356 g/mol. The van der Waals surface area contributed by atoms with Crippen LogP contribution < -0.4 is 10.6 Å². The minimum absolute atomic E-state index is 0. The SMILES string of the molecule is CN[C@@H](CC(=O)OC(C)(C)C)C(=O)Nc1ccc(C(C)C)cc1.Cl. The molecule has 5 nitrogen and oxygen atoms in total. The summed E-state index contributed by atoms with van der Waals surface area (Å²) in [5, 5.41) is 5.67. The number of hydrogen-bond donors (Lipinski definition) is 2. The molecule has 0 aliphatic rings. The number of carbonyl (C=O) groups excluding carboxylic acids is 2. The highest BCUT2D eigenvalue weighted by atomic mass is 35.5. The molecule has 0 saturated heterocycles. The Morgan fingerprint density at radius 1 is 1.12 bits per heavy atom. The van der Waals surface area contributed by atoms with Gasteiger partial charge in [0, 0.05) is 5.69 Å². The molecular weight excluding hydrogens is 328 g/mol. The normalized spacial score (nSPS) is 12.3. The highest BCUT2D eigenvalue weighted by Gasteiger charge is 2.24. The smallest absolute Gasteiger partial charge is 0.308 e. The van der Waals surface area contributed by atoms with Gasteiger partial charge in [-0.3, -0.25) is 9.59 Å². The van der Waals surface area contributed by atoms with Crippen LogP contribution in [0.3, 0.4) is 0 Å². The maximum atomic E-state index is 12.3. The number of esters is 1. The summed E-state index contributed by atoms with van der Waals surface area (Å²) in [7, 11) is 1.65. The summed E-state index contributed by atoms with van der Waals surface area (Å²) >= 11 is 0. The minimum Gasteiger partial charge on any atom is -0.460 e. The Bertz CT molecular complexity index is 536. The molecule has 1 amide bonds. The summed E-state index contributed by atoms with van der Waals surface area (Å²) in [4.78, 5) is 24.1. The fourth-order valence-electron chi connectivity index (χ4n) is 2.06. The van der Waals surface area contributed by atoms with Crippen LogP contribution in [0, 0.1) is 0 Å². The summed E-state index contributed by atoms with van der Waals surface area (Å²) in [5.41, 5.74) is 1.36. The highest BCUT2D eigenvalue weighted by molar-refractivity contribution is 5.97. The Labute approximate surface area is 151 Å². The highest BCUT2D eigenvalue weighted by Crippen LogP contribution is 2.17. The number of likely N-dealkylation sites (N-methyl/N-ethyl adjacent to an activating group) is 1. The number of anilines is 1. The maximum Gasteiger partial charge on any atom is 0.308 e. The van der Waals surface area contributed by atoms with Crippen molar-refractivity contribution in [3.05, 3.63) is 29.8 Å². The Kier molecular flexibility index (Phi) is 9.01. The standard InChI is InChI=1S/C18H28N2O3.ClH/c1-12(2)13-7-9-14(10-8-13)20-17(22)15(19-6)11-16(21)23-18(3,4)5;/h7-10,12,15,19H,11H2,1-6H3,(H,20,22);1H/t15-;/m0./s1. The lowest BCUT2D eigenvalue weighted by Crippen LogP contribution is -2.41. The number of halogens is 1. The number of benzene rings is 1. The van der Waals surface area contributed by atoms with Gasteiger partial charge in [0.15, 0.2) is 0 Å². The lowest BCUT2D eigenvalue weighted by Gasteiger charge is -2.22. The van der Waals surface area contributed by atoms with Gasteiger partial charge in [-0.15, -0.1) is 12.4 Å². The number of ether oxygens (including phenoxy) is 1. The van der Waals surface area contributed by atoms with E-state index in [1.165, 1.54) is 5.56 Å². The molecule has 1 aromatic carbocycles. The van der Waals surface area contributed by atoms with Crippen LogP contribution >= 0.6 is 12.4 Å². The van der Waals surface area contributed by atoms with Crippen molar-refractivity contribution in [1.29, 1.82) is 0 Å². The molecule has 0 heterocycles. The molecule has 0 spiro atoms. The summed E-state index contributed by atoms with van der Waals surface area (Å²) in [6.07, 6.45) is -0.0102. The zero-order chi connectivity index (χ0) is 17.6. The van der Waals surface area contributed by atoms with Crippen LogP contribution in [0.4, 0.5) is 5.69 Å². The van der Waals surface area contributed by atoms with E-state index < -0.39 is 17.6 Å². The zero-order valence-corrected chi connectivity index (χ0v) is 16.1. The molecule has 1 atom stereocenters. The quantitative estimate of drug-likeness (QED) is 0.765. The largest absolute Gasteiger partial charge is 0.460 e. The second-order valence-corrected chi connectivity index (χ2v) is 6.90. The van der Waals surface area contributed by atoms with Gasteiger partial charge in [0.25, 0.3) is 0 Å². The topological polar surface area (TPSA) is 67.4 Å². The Morgan fingerprint density at radius 3 is 2.08 bits per heavy atom. The first-order valence-corrected chi connectivity index (χ1v) is 7.92.